The van der Waals surface area contributed by atoms with Crippen LogP contribution in [0.1, 0.15) is 32.6 Å². The summed E-state index contributed by atoms with van der Waals surface area (Å²) in [6.45, 7) is 2.54. The van der Waals surface area contributed by atoms with Crippen LogP contribution < -0.4 is 15.8 Å². The molecule has 0 aromatic heterocycles. The first kappa shape index (κ1) is 16.1. The first-order chi connectivity index (χ1) is 10.2. The zero-order chi connectivity index (χ0) is 15.2. The lowest BCUT2D eigenvalue weighted by Gasteiger charge is -2.23. The Morgan fingerprint density at radius 2 is 2.24 bits per heavy atom. The van der Waals surface area contributed by atoms with Crippen LogP contribution in [-0.4, -0.2) is 24.6 Å². The molecule has 1 aromatic rings. The van der Waals surface area contributed by atoms with E-state index in [1.807, 2.05) is 19.1 Å². The van der Waals surface area contributed by atoms with Crippen LogP contribution in [0.25, 0.3) is 0 Å². The average Bonchev–Trinajstić information content (AvgIpc) is 2.93. The number of benzene rings is 1. The fraction of sp³-hybridized carbons (Fsp3) is 0.562. The van der Waals surface area contributed by atoms with E-state index < -0.39 is 6.10 Å². The summed E-state index contributed by atoms with van der Waals surface area (Å²) < 4.78 is 5.76. The van der Waals surface area contributed by atoms with Gasteiger partial charge in [-0.15, -0.1) is 0 Å². The Bertz CT molecular complexity index is 481. The summed E-state index contributed by atoms with van der Waals surface area (Å²) in [6.07, 6.45) is 3.27. The molecule has 1 amide bonds. The molecule has 1 fully saturated rings. The minimum atomic E-state index is -0.524. The van der Waals surface area contributed by atoms with Crippen LogP contribution in [0.3, 0.4) is 0 Å². The summed E-state index contributed by atoms with van der Waals surface area (Å²) in [5, 5.41) is 3.60. The molecule has 3 atom stereocenters. The van der Waals surface area contributed by atoms with Crippen molar-refractivity contribution in [2.45, 2.75) is 44.8 Å². The fourth-order valence-corrected chi connectivity index (χ4v) is 2.98. The lowest BCUT2D eigenvalue weighted by atomic mass is 10.0. The molecule has 3 unspecified atom stereocenters. The molecule has 4 nitrogen and oxygen atoms in total. The molecular formula is C16H23ClN2O2. The van der Waals surface area contributed by atoms with Crippen LogP contribution >= 0.6 is 11.6 Å². The van der Waals surface area contributed by atoms with Crippen molar-refractivity contribution in [3.8, 4) is 5.75 Å². The molecule has 0 saturated heterocycles. The maximum Gasteiger partial charge on any atom is 0.261 e. The molecule has 0 bridgehead atoms. The van der Waals surface area contributed by atoms with Gasteiger partial charge in [-0.1, -0.05) is 37.1 Å². The van der Waals surface area contributed by atoms with Gasteiger partial charge in [0.25, 0.3) is 5.91 Å². The number of carbonyl (C=O) groups is 1. The standard InChI is InChI=1S/C16H23ClN2O2/c1-2-14(21-15-9-4-3-7-12(15)17)16(20)19-13-8-5-6-11(13)10-18/h3-4,7,9,11,13-14H,2,5-6,8,10,18H2,1H3,(H,19,20). The molecule has 0 heterocycles. The van der Waals surface area contributed by atoms with Gasteiger partial charge in [0.1, 0.15) is 5.75 Å². The van der Waals surface area contributed by atoms with Crippen LogP contribution in [0.5, 0.6) is 5.75 Å². The third-order valence-electron chi connectivity index (χ3n) is 4.06. The smallest absolute Gasteiger partial charge is 0.261 e. The largest absolute Gasteiger partial charge is 0.479 e. The molecule has 1 aliphatic rings. The topological polar surface area (TPSA) is 64.3 Å². The lowest BCUT2D eigenvalue weighted by Crippen LogP contribution is -2.46. The number of ether oxygens (including phenoxy) is 1. The van der Waals surface area contributed by atoms with Crippen LogP contribution in [0.2, 0.25) is 5.02 Å². The number of amides is 1. The van der Waals surface area contributed by atoms with Crippen LogP contribution in [0, 0.1) is 5.92 Å². The van der Waals surface area contributed by atoms with Gasteiger partial charge in [0, 0.05) is 6.04 Å². The third-order valence-corrected chi connectivity index (χ3v) is 4.37. The molecule has 0 spiro atoms. The molecule has 0 radical (unpaired) electrons. The third kappa shape index (κ3) is 4.11. The summed E-state index contributed by atoms with van der Waals surface area (Å²) >= 11 is 6.07. The van der Waals surface area contributed by atoms with Crippen molar-refractivity contribution < 1.29 is 9.53 Å². The highest BCUT2D eigenvalue weighted by atomic mass is 35.5. The van der Waals surface area contributed by atoms with Gasteiger partial charge in [-0.05, 0) is 43.9 Å². The number of nitrogens with one attached hydrogen (secondary N) is 1. The Morgan fingerprint density at radius 1 is 1.48 bits per heavy atom. The van der Waals surface area contributed by atoms with Crippen LogP contribution in [-0.2, 0) is 4.79 Å². The Morgan fingerprint density at radius 3 is 2.90 bits per heavy atom. The zero-order valence-electron chi connectivity index (χ0n) is 12.3. The number of para-hydroxylation sites is 1. The summed E-state index contributed by atoms with van der Waals surface area (Å²) in [7, 11) is 0. The molecule has 5 heteroatoms. The van der Waals surface area contributed by atoms with E-state index in [0.717, 1.165) is 19.3 Å². The monoisotopic (exact) mass is 310 g/mol. The van der Waals surface area contributed by atoms with Gasteiger partial charge in [-0.25, -0.2) is 0 Å². The van der Waals surface area contributed by atoms with Gasteiger partial charge >= 0.3 is 0 Å². The Hall–Kier alpha value is -1.26. The molecule has 3 N–H and O–H groups in total. The highest BCUT2D eigenvalue weighted by Crippen LogP contribution is 2.26. The number of rotatable bonds is 6. The van der Waals surface area contributed by atoms with Crippen LogP contribution in [0.15, 0.2) is 24.3 Å². The zero-order valence-corrected chi connectivity index (χ0v) is 13.1. The summed E-state index contributed by atoms with van der Waals surface area (Å²) in [4.78, 5) is 12.4. The summed E-state index contributed by atoms with van der Waals surface area (Å²) in [6, 6.07) is 7.37. The maximum absolute atomic E-state index is 12.4. The molecule has 1 aliphatic carbocycles. The Kier molecular flexibility index (Phi) is 5.88. The molecule has 1 saturated carbocycles. The van der Waals surface area contributed by atoms with Crippen molar-refractivity contribution in [3.63, 3.8) is 0 Å². The molecule has 116 valence electrons. The number of carbonyl (C=O) groups excluding carboxylic acids is 1. The van der Waals surface area contributed by atoms with Gasteiger partial charge < -0.3 is 15.8 Å². The Labute approximate surface area is 131 Å². The maximum atomic E-state index is 12.4. The minimum absolute atomic E-state index is 0.0808. The average molecular weight is 311 g/mol. The molecule has 1 aromatic carbocycles. The van der Waals surface area contributed by atoms with E-state index in [2.05, 4.69) is 5.32 Å². The molecule has 0 aliphatic heterocycles. The quantitative estimate of drug-likeness (QED) is 0.849. The van der Waals surface area contributed by atoms with E-state index in [1.54, 1.807) is 12.1 Å². The van der Waals surface area contributed by atoms with E-state index in [9.17, 15) is 4.79 Å². The first-order valence-electron chi connectivity index (χ1n) is 7.57. The van der Waals surface area contributed by atoms with Gasteiger partial charge in [-0.3, -0.25) is 4.79 Å². The summed E-state index contributed by atoms with van der Waals surface area (Å²) in [5.41, 5.74) is 5.75. The van der Waals surface area contributed by atoms with Gasteiger partial charge in [0.15, 0.2) is 6.10 Å². The van der Waals surface area contributed by atoms with Crippen molar-refractivity contribution in [2.24, 2.45) is 11.7 Å². The second-order valence-corrected chi connectivity index (χ2v) is 5.89. The number of nitrogens with two attached hydrogens (primary N) is 1. The van der Waals surface area contributed by atoms with E-state index in [-0.39, 0.29) is 11.9 Å². The second kappa shape index (κ2) is 7.66. The van der Waals surface area contributed by atoms with Crippen molar-refractivity contribution >= 4 is 17.5 Å². The first-order valence-corrected chi connectivity index (χ1v) is 7.95. The van der Waals surface area contributed by atoms with E-state index >= 15 is 0 Å². The normalized spacial score (nSPS) is 22.8. The highest BCUT2D eigenvalue weighted by Gasteiger charge is 2.30. The van der Waals surface area contributed by atoms with E-state index in [0.29, 0.717) is 29.7 Å². The number of halogens is 1. The fourth-order valence-electron chi connectivity index (χ4n) is 2.80. The van der Waals surface area contributed by atoms with Crippen LogP contribution in [0.4, 0.5) is 0 Å². The van der Waals surface area contributed by atoms with Crippen molar-refractivity contribution in [1.82, 2.24) is 5.32 Å². The minimum Gasteiger partial charge on any atom is -0.479 e. The van der Waals surface area contributed by atoms with Gasteiger partial charge in [0.05, 0.1) is 5.02 Å². The molecule has 2 rings (SSSR count). The number of hydrogen-bond acceptors (Lipinski definition) is 3. The van der Waals surface area contributed by atoms with Gasteiger partial charge in [-0.2, -0.15) is 0 Å². The van der Waals surface area contributed by atoms with E-state index in [4.69, 9.17) is 22.1 Å². The summed E-state index contributed by atoms with van der Waals surface area (Å²) in [5.74, 6) is 0.845. The second-order valence-electron chi connectivity index (χ2n) is 5.49. The Balaban J connectivity index is 1.97. The highest BCUT2D eigenvalue weighted by molar-refractivity contribution is 6.32. The van der Waals surface area contributed by atoms with Crippen molar-refractivity contribution in [1.29, 1.82) is 0 Å². The van der Waals surface area contributed by atoms with Gasteiger partial charge in [0.2, 0.25) is 0 Å². The number of hydrogen-bond donors (Lipinski definition) is 2. The van der Waals surface area contributed by atoms with E-state index in [1.165, 1.54) is 0 Å². The predicted octanol–water partition coefficient (Wildman–Crippen LogP) is 2.74. The molecular weight excluding hydrogens is 288 g/mol. The SMILES string of the molecule is CCC(Oc1ccccc1Cl)C(=O)NC1CCCC1CN. The van der Waals surface area contributed by atoms with Crippen molar-refractivity contribution in [2.75, 3.05) is 6.54 Å². The predicted molar refractivity (Wildman–Crippen MR) is 84.5 cm³/mol. The molecule has 21 heavy (non-hydrogen) atoms. The lowest BCUT2D eigenvalue weighted by molar-refractivity contribution is -0.129. The van der Waals surface area contributed by atoms with Crippen molar-refractivity contribution in [3.05, 3.63) is 29.3 Å².